The van der Waals surface area contributed by atoms with Gasteiger partial charge in [0.15, 0.2) is 0 Å². The van der Waals surface area contributed by atoms with Gasteiger partial charge in [-0.1, -0.05) is 35.7 Å². The number of hydrogen-bond acceptors (Lipinski definition) is 3. The molecule has 2 rings (SSSR count). The molecule has 1 amide bonds. The van der Waals surface area contributed by atoms with E-state index in [0.717, 1.165) is 24.6 Å². The molecule has 1 aromatic rings. The highest BCUT2D eigenvalue weighted by molar-refractivity contribution is 9.09. The number of carbonyl (C=O) groups is 1. The van der Waals surface area contributed by atoms with Crippen molar-refractivity contribution < 1.29 is 14.6 Å². The first-order chi connectivity index (χ1) is 9.99. The average molecular weight is 356 g/mol. The Bertz CT molecular complexity index is 520. The summed E-state index contributed by atoms with van der Waals surface area (Å²) in [4.78, 5) is 12.5. The van der Waals surface area contributed by atoms with Crippen LogP contribution in [0.15, 0.2) is 18.2 Å². The highest BCUT2D eigenvalue weighted by Gasteiger charge is 2.36. The molecule has 0 radical (unpaired) electrons. The number of halogens is 1. The molecular weight excluding hydrogens is 334 g/mol. The molecule has 1 aliphatic carbocycles. The Morgan fingerprint density at radius 2 is 2.33 bits per heavy atom. The van der Waals surface area contributed by atoms with Crippen molar-refractivity contribution in [2.75, 3.05) is 12.4 Å². The van der Waals surface area contributed by atoms with Crippen molar-refractivity contribution in [1.82, 2.24) is 5.32 Å². The van der Waals surface area contributed by atoms with Crippen molar-refractivity contribution in [1.29, 1.82) is 0 Å². The summed E-state index contributed by atoms with van der Waals surface area (Å²) in [6, 6.07) is 4.69. The minimum atomic E-state index is -0.250. The van der Waals surface area contributed by atoms with E-state index in [1.54, 1.807) is 12.1 Å². The number of aromatic hydroxyl groups is 1. The van der Waals surface area contributed by atoms with Crippen LogP contribution in [0.4, 0.5) is 0 Å². The standard InChI is InChI=1S/C16H22BrNO3/c1-11-4-3-7-16(9-11,10-17)18-15(20)13-8-12(21-2)5-6-14(13)19/h5-6,8,11,19H,3-4,7,9-10H2,1-2H3,(H,18,20). The van der Waals surface area contributed by atoms with E-state index in [4.69, 9.17) is 4.74 Å². The first-order valence-electron chi connectivity index (χ1n) is 7.25. The Hall–Kier alpha value is -1.23. The summed E-state index contributed by atoms with van der Waals surface area (Å²) < 4.78 is 5.12. The zero-order chi connectivity index (χ0) is 15.5. The van der Waals surface area contributed by atoms with Crippen LogP contribution in [0.2, 0.25) is 0 Å². The van der Waals surface area contributed by atoms with Gasteiger partial charge < -0.3 is 15.2 Å². The van der Waals surface area contributed by atoms with Crippen LogP contribution in [0, 0.1) is 5.92 Å². The number of alkyl halides is 1. The van der Waals surface area contributed by atoms with E-state index in [1.165, 1.54) is 19.6 Å². The maximum absolute atomic E-state index is 12.5. The largest absolute Gasteiger partial charge is 0.507 e. The van der Waals surface area contributed by atoms with Crippen LogP contribution in [0.25, 0.3) is 0 Å². The topological polar surface area (TPSA) is 58.6 Å². The number of nitrogens with one attached hydrogen (secondary N) is 1. The van der Waals surface area contributed by atoms with Gasteiger partial charge in [0.2, 0.25) is 0 Å². The molecule has 116 valence electrons. The van der Waals surface area contributed by atoms with E-state index in [2.05, 4.69) is 28.2 Å². The summed E-state index contributed by atoms with van der Waals surface area (Å²) in [5.74, 6) is 0.875. The number of phenols is 1. The van der Waals surface area contributed by atoms with Gasteiger partial charge in [-0.25, -0.2) is 0 Å². The zero-order valence-corrected chi connectivity index (χ0v) is 14.1. The van der Waals surface area contributed by atoms with E-state index in [-0.39, 0.29) is 22.8 Å². The van der Waals surface area contributed by atoms with E-state index < -0.39 is 0 Å². The maximum atomic E-state index is 12.5. The normalized spacial score (nSPS) is 25.4. The minimum Gasteiger partial charge on any atom is -0.507 e. The third-order valence-corrected chi connectivity index (χ3v) is 5.25. The van der Waals surface area contributed by atoms with Crippen molar-refractivity contribution in [3.05, 3.63) is 23.8 Å². The first kappa shape index (κ1) is 16.1. The van der Waals surface area contributed by atoms with Gasteiger partial charge >= 0.3 is 0 Å². The number of carbonyl (C=O) groups excluding carboxylic acids is 1. The van der Waals surface area contributed by atoms with Gasteiger partial charge in [-0.05, 0) is 37.0 Å². The van der Waals surface area contributed by atoms with Crippen LogP contribution in [-0.4, -0.2) is 29.0 Å². The molecule has 0 heterocycles. The summed E-state index contributed by atoms with van der Waals surface area (Å²) in [5.41, 5.74) is 0.0254. The van der Waals surface area contributed by atoms with Crippen molar-refractivity contribution >= 4 is 21.8 Å². The lowest BCUT2D eigenvalue weighted by molar-refractivity contribution is 0.0866. The summed E-state index contributed by atoms with van der Waals surface area (Å²) in [7, 11) is 1.54. The first-order valence-corrected chi connectivity index (χ1v) is 8.37. The van der Waals surface area contributed by atoms with Gasteiger partial charge in [-0.3, -0.25) is 4.79 Å². The van der Waals surface area contributed by atoms with Gasteiger partial charge in [0.25, 0.3) is 5.91 Å². The highest BCUT2D eigenvalue weighted by atomic mass is 79.9. The second kappa shape index (κ2) is 6.69. The fourth-order valence-electron chi connectivity index (χ4n) is 3.06. The molecule has 0 bridgehead atoms. The molecule has 1 fully saturated rings. The van der Waals surface area contributed by atoms with Crippen molar-refractivity contribution in [2.45, 2.75) is 38.1 Å². The molecule has 1 saturated carbocycles. The van der Waals surface area contributed by atoms with Crippen molar-refractivity contribution in [3.63, 3.8) is 0 Å². The monoisotopic (exact) mass is 355 g/mol. The summed E-state index contributed by atoms with van der Waals surface area (Å²) >= 11 is 3.54. The highest BCUT2D eigenvalue weighted by Crippen LogP contribution is 2.34. The lowest BCUT2D eigenvalue weighted by atomic mass is 9.77. The zero-order valence-electron chi connectivity index (χ0n) is 12.5. The van der Waals surface area contributed by atoms with E-state index in [1.807, 2.05) is 0 Å². The predicted octanol–water partition coefficient (Wildman–Crippen LogP) is 3.47. The van der Waals surface area contributed by atoms with Crippen LogP contribution in [0.5, 0.6) is 11.5 Å². The second-order valence-corrected chi connectivity index (χ2v) is 6.51. The van der Waals surface area contributed by atoms with Crippen LogP contribution >= 0.6 is 15.9 Å². The molecule has 0 aliphatic heterocycles. The molecule has 0 aromatic heterocycles. The lowest BCUT2D eigenvalue weighted by Gasteiger charge is -2.39. The minimum absolute atomic E-state index is 0.0260. The summed E-state index contributed by atoms with van der Waals surface area (Å²) in [6.45, 7) is 2.21. The van der Waals surface area contributed by atoms with Gasteiger partial charge in [-0.15, -0.1) is 0 Å². The van der Waals surface area contributed by atoms with Crippen LogP contribution in [0.1, 0.15) is 43.0 Å². The number of amides is 1. The number of benzene rings is 1. The van der Waals surface area contributed by atoms with E-state index >= 15 is 0 Å². The van der Waals surface area contributed by atoms with Gasteiger partial charge in [0.1, 0.15) is 11.5 Å². The predicted molar refractivity (Wildman–Crippen MR) is 86.3 cm³/mol. The number of rotatable bonds is 4. The Morgan fingerprint density at radius 1 is 1.57 bits per heavy atom. The van der Waals surface area contributed by atoms with E-state index in [9.17, 15) is 9.90 Å². The number of methoxy groups -OCH3 is 1. The van der Waals surface area contributed by atoms with Gasteiger partial charge in [0.05, 0.1) is 18.2 Å². The molecule has 0 spiro atoms. The summed E-state index contributed by atoms with van der Waals surface area (Å²) in [6.07, 6.45) is 4.22. The molecule has 1 aromatic carbocycles. The molecule has 2 N–H and O–H groups in total. The molecular formula is C16H22BrNO3. The van der Waals surface area contributed by atoms with Gasteiger partial charge in [-0.2, -0.15) is 0 Å². The van der Waals surface area contributed by atoms with Crippen LogP contribution < -0.4 is 10.1 Å². The molecule has 2 atom stereocenters. The molecule has 21 heavy (non-hydrogen) atoms. The third-order valence-electron chi connectivity index (χ3n) is 4.17. The number of hydrogen-bond donors (Lipinski definition) is 2. The summed E-state index contributed by atoms with van der Waals surface area (Å²) in [5, 5.41) is 13.8. The lowest BCUT2D eigenvalue weighted by Crippen LogP contribution is -2.52. The fraction of sp³-hybridized carbons (Fsp3) is 0.562. The second-order valence-electron chi connectivity index (χ2n) is 5.95. The Balaban J connectivity index is 2.20. The number of phenolic OH excluding ortho intramolecular Hbond substituents is 1. The quantitative estimate of drug-likeness (QED) is 0.813. The Morgan fingerprint density at radius 3 is 2.95 bits per heavy atom. The molecule has 5 heteroatoms. The Labute approximate surface area is 134 Å². The molecule has 4 nitrogen and oxygen atoms in total. The van der Waals surface area contributed by atoms with Crippen LogP contribution in [0.3, 0.4) is 0 Å². The third kappa shape index (κ3) is 3.70. The maximum Gasteiger partial charge on any atom is 0.255 e. The van der Waals surface area contributed by atoms with Crippen molar-refractivity contribution in [2.24, 2.45) is 5.92 Å². The Kier molecular flexibility index (Phi) is 5.14. The smallest absolute Gasteiger partial charge is 0.255 e. The fourth-order valence-corrected chi connectivity index (χ4v) is 3.71. The molecule has 0 saturated heterocycles. The molecule has 2 unspecified atom stereocenters. The average Bonchev–Trinajstić information content (AvgIpc) is 2.47. The van der Waals surface area contributed by atoms with E-state index in [0.29, 0.717) is 11.7 Å². The SMILES string of the molecule is COc1ccc(O)c(C(=O)NC2(CBr)CCCC(C)C2)c1. The number of ether oxygens (including phenoxy) is 1. The van der Waals surface area contributed by atoms with Crippen molar-refractivity contribution in [3.8, 4) is 11.5 Å². The van der Waals surface area contributed by atoms with Crippen LogP contribution in [-0.2, 0) is 0 Å². The molecule has 1 aliphatic rings. The van der Waals surface area contributed by atoms with Gasteiger partial charge in [0, 0.05) is 5.33 Å².